The maximum atomic E-state index is 5.51. The van der Waals surface area contributed by atoms with Crippen molar-refractivity contribution in [3.05, 3.63) is 40.3 Å². The van der Waals surface area contributed by atoms with E-state index >= 15 is 0 Å². The number of aromatic nitrogens is 2. The fourth-order valence-corrected chi connectivity index (χ4v) is 2.44. The highest BCUT2D eigenvalue weighted by Crippen LogP contribution is 2.15. The van der Waals surface area contributed by atoms with Crippen molar-refractivity contribution in [1.82, 2.24) is 9.97 Å². The van der Waals surface area contributed by atoms with Crippen molar-refractivity contribution in [3.63, 3.8) is 0 Å². The molecule has 4 nitrogen and oxygen atoms in total. The third kappa shape index (κ3) is 3.27. The minimum atomic E-state index is 0.634. The van der Waals surface area contributed by atoms with Gasteiger partial charge in [-0.2, -0.15) is 0 Å². The molecule has 96 valence electrons. The summed E-state index contributed by atoms with van der Waals surface area (Å²) < 4.78 is 0. The first-order chi connectivity index (χ1) is 8.83. The van der Waals surface area contributed by atoms with Crippen molar-refractivity contribution in [1.29, 1.82) is 0 Å². The maximum absolute atomic E-state index is 5.51. The predicted octanol–water partition coefficient (Wildman–Crippen LogP) is 2.07. The second-order valence-corrected chi connectivity index (χ2v) is 5.06. The molecule has 18 heavy (non-hydrogen) atoms. The van der Waals surface area contributed by atoms with Crippen LogP contribution in [0.5, 0.6) is 0 Å². The first-order valence-corrected chi connectivity index (χ1v) is 6.99. The Balaban J connectivity index is 2.07. The van der Waals surface area contributed by atoms with Crippen LogP contribution in [0, 0.1) is 0 Å². The fourth-order valence-electron chi connectivity index (χ4n) is 1.72. The Bertz CT molecular complexity index is 452. The van der Waals surface area contributed by atoms with Gasteiger partial charge in [-0.25, -0.2) is 9.97 Å². The fraction of sp³-hybridized carbons (Fsp3) is 0.385. The van der Waals surface area contributed by atoms with Gasteiger partial charge in [0.1, 0.15) is 0 Å². The Morgan fingerprint density at radius 3 is 2.67 bits per heavy atom. The molecule has 0 aliphatic heterocycles. The summed E-state index contributed by atoms with van der Waals surface area (Å²) in [5.74, 6) is 0.784. The lowest BCUT2D eigenvalue weighted by atomic mass is 10.2. The van der Waals surface area contributed by atoms with Gasteiger partial charge in [0.05, 0.1) is 6.54 Å². The molecule has 0 aliphatic carbocycles. The van der Waals surface area contributed by atoms with Gasteiger partial charge in [0, 0.05) is 23.8 Å². The molecule has 2 aromatic rings. The molecule has 2 N–H and O–H groups in total. The summed E-state index contributed by atoms with van der Waals surface area (Å²) in [6.45, 7) is 4.51. The number of nitrogens with zero attached hydrogens (tertiary/aromatic N) is 3. The van der Waals surface area contributed by atoms with Crippen molar-refractivity contribution >= 4 is 17.3 Å². The van der Waals surface area contributed by atoms with E-state index in [2.05, 4.69) is 39.3 Å². The van der Waals surface area contributed by atoms with Gasteiger partial charge in [0.15, 0.2) is 0 Å². The molecule has 0 fully saturated rings. The molecule has 0 atom stereocenters. The Morgan fingerprint density at radius 2 is 2.11 bits per heavy atom. The molecule has 2 heterocycles. The largest absolute Gasteiger partial charge is 0.336 e. The van der Waals surface area contributed by atoms with E-state index in [1.807, 2.05) is 12.4 Å². The number of hydrogen-bond acceptors (Lipinski definition) is 5. The molecule has 0 radical (unpaired) electrons. The molecule has 0 saturated carbocycles. The summed E-state index contributed by atoms with van der Waals surface area (Å²) in [7, 11) is 0. The van der Waals surface area contributed by atoms with Crippen LogP contribution in [0.25, 0.3) is 0 Å². The number of hydrogen-bond donors (Lipinski definition) is 1. The van der Waals surface area contributed by atoms with Crippen molar-refractivity contribution in [3.8, 4) is 0 Å². The van der Waals surface area contributed by atoms with E-state index in [1.54, 1.807) is 11.3 Å². The average Bonchev–Trinajstić information content (AvgIpc) is 2.90. The number of anilines is 1. The molecule has 0 bridgehead atoms. The molecule has 2 aromatic heterocycles. The third-order valence-corrected chi connectivity index (χ3v) is 3.58. The molecule has 0 saturated heterocycles. The standard InChI is InChI=1S/C13H18N4S/c1-2-17(10-12-4-3-7-18-12)13-15-8-11(5-6-14)9-16-13/h3-4,7-9H,2,5-6,10,14H2,1H3. The lowest BCUT2D eigenvalue weighted by Gasteiger charge is -2.19. The van der Waals surface area contributed by atoms with Crippen molar-refractivity contribution in [2.75, 3.05) is 18.0 Å². The smallest absolute Gasteiger partial charge is 0.225 e. The lowest BCUT2D eigenvalue weighted by molar-refractivity contribution is 0.794. The summed E-state index contributed by atoms with van der Waals surface area (Å²) in [5, 5.41) is 2.09. The molecule has 0 aromatic carbocycles. The molecule has 0 unspecified atom stereocenters. The molecular weight excluding hydrogens is 244 g/mol. The lowest BCUT2D eigenvalue weighted by Crippen LogP contribution is -2.23. The van der Waals surface area contributed by atoms with Gasteiger partial charge in [-0.05, 0) is 36.9 Å². The summed E-state index contributed by atoms with van der Waals surface area (Å²) in [6.07, 6.45) is 4.57. The highest BCUT2D eigenvalue weighted by molar-refractivity contribution is 7.09. The number of thiophene rings is 1. The minimum Gasteiger partial charge on any atom is -0.336 e. The summed E-state index contributed by atoms with van der Waals surface area (Å²) >= 11 is 1.76. The summed E-state index contributed by atoms with van der Waals surface area (Å²) in [5.41, 5.74) is 6.60. The monoisotopic (exact) mass is 262 g/mol. The van der Waals surface area contributed by atoms with E-state index in [0.29, 0.717) is 6.54 Å². The number of rotatable bonds is 6. The molecule has 0 amide bonds. The van der Waals surface area contributed by atoms with Gasteiger partial charge in [-0.15, -0.1) is 11.3 Å². The van der Waals surface area contributed by atoms with E-state index in [-0.39, 0.29) is 0 Å². The predicted molar refractivity (Wildman–Crippen MR) is 75.8 cm³/mol. The van der Waals surface area contributed by atoms with Gasteiger partial charge in [-0.1, -0.05) is 6.07 Å². The van der Waals surface area contributed by atoms with Gasteiger partial charge in [0.25, 0.3) is 0 Å². The van der Waals surface area contributed by atoms with Crippen molar-refractivity contribution in [2.24, 2.45) is 5.73 Å². The van der Waals surface area contributed by atoms with Crippen LogP contribution in [-0.2, 0) is 13.0 Å². The normalized spacial score (nSPS) is 10.6. The second-order valence-electron chi connectivity index (χ2n) is 4.02. The zero-order chi connectivity index (χ0) is 12.8. The van der Waals surface area contributed by atoms with Gasteiger partial charge in [-0.3, -0.25) is 0 Å². The quantitative estimate of drug-likeness (QED) is 0.866. The minimum absolute atomic E-state index is 0.634. The second kappa shape index (κ2) is 6.47. The van der Waals surface area contributed by atoms with E-state index in [1.165, 1.54) is 4.88 Å². The molecule has 0 spiro atoms. The zero-order valence-electron chi connectivity index (χ0n) is 10.5. The zero-order valence-corrected chi connectivity index (χ0v) is 11.4. The van der Waals surface area contributed by atoms with E-state index < -0.39 is 0 Å². The van der Waals surface area contributed by atoms with Crippen LogP contribution >= 0.6 is 11.3 Å². The Kier molecular flexibility index (Phi) is 4.66. The van der Waals surface area contributed by atoms with Crippen molar-refractivity contribution in [2.45, 2.75) is 19.9 Å². The summed E-state index contributed by atoms with van der Waals surface area (Å²) in [4.78, 5) is 12.3. The Hall–Kier alpha value is -1.46. The average molecular weight is 262 g/mol. The Labute approximate surface area is 111 Å². The first kappa shape index (κ1) is 13.0. The summed E-state index contributed by atoms with van der Waals surface area (Å²) in [6, 6.07) is 4.20. The van der Waals surface area contributed by atoms with Gasteiger partial charge < -0.3 is 10.6 Å². The highest BCUT2D eigenvalue weighted by Gasteiger charge is 2.08. The SMILES string of the molecule is CCN(Cc1cccs1)c1ncc(CCN)cn1. The van der Waals surface area contributed by atoms with Crippen LogP contribution in [0.4, 0.5) is 5.95 Å². The van der Waals surface area contributed by atoms with Gasteiger partial charge >= 0.3 is 0 Å². The first-order valence-electron chi connectivity index (χ1n) is 6.11. The van der Waals surface area contributed by atoms with Crippen LogP contribution < -0.4 is 10.6 Å². The number of nitrogens with two attached hydrogens (primary N) is 1. The Morgan fingerprint density at radius 1 is 1.33 bits per heavy atom. The van der Waals surface area contributed by atoms with Crippen LogP contribution in [-0.4, -0.2) is 23.1 Å². The van der Waals surface area contributed by atoms with E-state index in [0.717, 1.165) is 31.0 Å². The van der Waals surface area contributed by atoms with Crippen LogP contribution in [0.3, 0.4) is 0 Å². The molecule has 0 aliphatic rings. The third-order valence-electron chi connectivity index (χ3n) is 2.72. The van der Waals surface area contributed by atoms with Crippen LogP contribution in [0.1, 0.15) is 17.4 Å². The topological polar surface area (TPSA) is 55.0 Å². The highest BCUT2D eigenvalue weighted by atomic mass is 32.1. The van der Waals surface area contributed by atoms with Gasteiger partial charge in [0.2, 0.25) is 5.95 Å². The maximum Gasteiger partial charge on any atom is 0.225 e. The van der Waals surface area contributed by atoms with Crippen LogP contribution in [0.2, 0.25) is 0 Å². The molecule has 5 heteroatoms. The van der Waals surface area contributed by atoms with Crippen molar-refractivity contribution < 1.29 is 0 Å². The van der Waals surface area contributed by atoms with Crippen LogP contribution in [0.15, 0.2) is 29.9 Å². The van der Waals surface area contributed by atoms with E-state index in [9.17, 15) is 0 Å². The van der Waals surface area contributed by atoms with E-state index in [4.69, 9.17) is 5.73 Å². The molecular formula is C13H18N4S. The molecule has 2 rings (SSSR count).